The van der Waals surface area contributed by atoms with Crippen molar-refractivity contribution in [2.45, 2.75) is 0 Å². The van der Waals surface area contributed by atoms with Crippen LogP contribution in [-0.4, -0.2) is 9.78 Å². The molecule has 0 saturated carbocycles. The Morgan fingerprint density at radius 1 is 0.833 bits per heavy atom. The van der Waals surface area contributed by atoms with Gasteiger partial charge in [-0.2, -0.15) is 0 Å². The molecule has 0 fully saturated rings. The van der Waals surface area contributed by atoms with E-state index in [0.717, 1.165) is 0 Å². The van der Waals surface area contributed by atoms with Crippen LogP contribution in [0.4, 0.5) is 11.5 Å². The Bertz CT molecular complexity index is 956. The van der Waals surface area contributed by atoms with E-state index < -0.39 is 0 Å². The lowest BCUT2D eigenvalue weighted by Gasteiger charge is -2.09. The van der Waals surface area contributed by atoms with Gasteiger partial charge in [0.25, 0.3) is 5.56 Å². The smallest absolute Gasteiger partial charge is 0.273 e. The number of aromatic nitrogens is 2. The van der Waals surface area contributed by atoms with Crippen molar-refractivity contribution in [2.24, 2.45) is 0 Å². The molecule has 0 radical (unpaired) electrons. The molecule has 0 unspecified atom stereocenters. The van der Waals surface area contributed by atoms with E-state index in [-0.39, 0.29) is 15.6 Å². The summed E-state index contributed by atoms with van der Waals surface area (Å²) < 4.78 is 1.22. The van der Waals surface area contributed by atoms with Crippen LogP contribution in [0.25, 0.3) is 5.69 Å². The molecule has 0 atom stereocenters. The predicted molar refractivity (Wildman–Crippen MR) is 101 cm³/mol. The molecule has 0 aliphatic heterocycles. The molecule has 0 amide bonds. The second kappa shape index (κ2) is 6.90. The average Bonchev–Trinajstić information content (AvgIpc) is 2.82. The number of hydrogen-bond donors (Lipinski definition) is 2. The lowest BCUT2D eigenvalue weighted by atomic mass is 10.3. The van der Waals surface area contributed by atoms with Crippen molar-refractivity contribution in [3.63, 3.8) is 0 Å². The quantitative estimate of drug-likeness (QED) is 0.529. The van der Waals surface area contributed by atoms with Crippen molar-refractivity contribution in [1.82, 2.24) is 9.78 Å². The first kappa shape index (κ1) is 17.5. The maximum Gasteiger partial charge on any atom is 0.273 e. The zero-order valence-corrected chi connectivity index (χ0v) is 15.5. The molecule has 24 heavy (non-hydrogen) atoms. The fourth-order valence-corrected chi connectivity index (χ4v) is 3.55. The Labute approximate surface area is 161 Å². The van der Waals surface area contributed by atoms with Crippen LogP contribution < -0.4 is 10.9 Å². The summed E-state index contributed by atoms with van der Waals surface area (Å²) in [5.74, 6) is 0.409. The molecule has 9 heteroatoms. The van der Waals surface area contributed by atoms with Gasteiger partial charge < -0.3 is 5.32 Å². The van der Waals surface area contributed by atoms with Crippen LogP contribution in [-0.2, 0) is 0 Å². The largest absolute Gasteiger partial charge is 0.339 e. The molecule has 1 aromatic heterocycles. The molecule has 0 saturated heterocycles. The number of aromatic amines is 1. The molecule has 124 valence electrons. The number of nitrogens with zero attached hydrogens (tertiary/aromatic N) is 1. The lowest BCUT2D eigenvalue weighted by molar-refractivity contribution is 0.853. The fourth-order valence-electron chi connectivity index (χ4n) is 2.11. The van der Waals surface area contributed by atoms with Gasteiger partial charge >= 0.3 is 0 Å². The van der Waals surface area contributed by atoms with Crippen LogP contribution in [0.15, 0.2) is 41.2 Å². The molecule has 0 aliphatic rings. The molecule has 2 aromatic carbocycles. The van der Waals surface area contributed by atoms with Crippen LogP contribution in [0.3, 0.4) is 0 Å². The summed E-state index contributed by atoms with van der Waals surface area (Å²) in [7, 11) is 0. The van der Waals surface area contributed by atoms with Crippen LogP contribution >= 0.6 is 58.0 Å². The van der Waals surface area contributed by atoms with E-state index in [4.69, 9.17) is 58.0 Å². The van der Waals surface area contributed by atoms with Gasteiger partial charge in [0, 0.05) is 16.1 Å². The molecule has 0 aliphatic carbocycles. The van der Waals surface area contributed by atoms with Gasteiger partial charge in [-0.05, 0) is 30.3 Å². The molecule has 3 rings (SSSR count). The van der Waals surface area contributed by atoms with Gasteiger partial charge in [0.1, 0.15) is 11.5 Å². The summed E-state index contributed by atoms with van der Waals surface area (Å²) >= 11 is 30.2. The highest BCUT2D eigenvalue weighted by Gasteiger charge is 2.14. The first-order chi connectivity index (χ1) is 11.3. The summed E-state index contributed by atoms with van der Waals surface area (Å²) in [6, 6.07) is 9.32. The minimum Gasteiger partial charge on any atom is -0.339 e. The number of benzene rings is 2. The number of halogens is 5. The second-order valence-electron chi connectivity index (χ2n) is 4.81. The monoisotopic (exact) mass is 421 g/mol. The highest BCUT2D eigenvalue weighted by Crippen LogP contribution is 2.32. The maximum absolute atomic E-state index is 12.2. The normalized spacial score (nSPS) is 10.9. The molecule has 0 spiro atoms. The van der Waals surface area contributed by atoms with E-state index in [1.807, 2.05) is 0 Å². The Kier molecular flexibility index (Phi) is 5.04. The minimum absolute atomic E-state index is 0.243. The third-order valence-electron chi connectivity index (χ3n) is 3.13. The standard InChI is InChI=1S/C15H8Cl5N3O/c16-7-1-2-12(9(18)3-7)21-13-6-14(24)23(22-13)15-10(19)4-8(17)5-11(15)20/h1-6,21-22H. The van der Waals surface area contributed by atoms with Crippen LogP contribution in [0, 0.1) is 0 Å². The van der Waals surface area contributed by atoms with Crippen molar-refractivity contribution in [3.05, 3.63) is 71.9 Å². The van der Waals surface area contributed by atoms with E-state index >= 15 is 0 Å². The van der Waals surface area contributed by atoms with E-state index in [1.54, 1.807) is 18.2 Å². The van der Waals surface area contributed by atoms with Gasteiger partial charge in [-0.1, -0.05) is 58.0 Å². The highest BCUT2D eigenvalue weighted by atomic mass is 35.5. The molecule has 0 bridgehead atoms. The van der Waals surface area contributed by atoms with Crippen molar-refractivity contribution in [3.8, 4) is 5.69 Å². The highest BCUT2D eigenvalue weighted by molar-refractivity contribution is 6.40. The van der Waals surface area contributed by atoms with E-state index in [0.29, 0.717) is 32.3 Å². The first-order valence-electron chi connectivity index (χ1n) is 6.54. The molecule has 4 nitrogen and oxygen atoms in total. The number of H-pyrrole nitrogens is 1. The van der Waals surface area contributed by atoms with Crippen molar-refractivity contribution in [1.29, 1.82) is 0 Å². The summed E-state index contributed by atoms with van der Waals surface area (Å²) in [6.45, 7) is 0. The molecule has 1 heterocycles. The third kappa shape index (κ3) is 3.53. The number of hydrogen-bond acceptors (Lipinski definition) is 2. The van der Waals surface area contributed by atoms with Gasteiger partial charge in [0.15, 0.2) is 0 Å². The summed E-state index contributed by atoms with van der Waals surface area (Å²) in [5, 5.41) is 7.67. The van der Waals surface area contributed by atoms with E-state index in [9.17, 15) is 4.79 Å². The third-order valence-corrected chi connectivity index (χ3v) is 4.47. The number of anilines is 2. The zero-order valence-electron chi connectivity index (χ0n) is 11.7. The number of nitrogens with one attached hydrogen (secondary N) is 2. The zero-order chi connectivity index (χ0) is 17.4. The topological polar surface area (TPSA) is 49.8 Å². The molecule has 3 aromatic rings. The second-order valence-corrected chi connectivity index (χ2v) is 6.91. The Morgan fingerprint density at radius 3 is 2.08 bits per heavy atom. The Hall–Kier alpha value is -1.30. The summed E-state index contributed by atoms with van der Waals surface area (Å²) in [5.41, 5.74) is 0.541. The van der Waals surface area contributed by atoms with Gasteiger partial charge in [0.05, 0.1) is 20.8 Å². The van der Waals surface area contributed by atoms with Crippen molar-refractivity contribution < 1.29 is 0 Å². The summed E-state index contributed by atoms with van der Waals surface area (Å²) in [4.78, 5) is 12.2. The number of rotatable bonds is 3. The summed E-state index contributed by atoms with van der Waals surface area (Å²) in [6.07, 6.45) is 0. The van der Waals surface area contributed by atoms with Gasteiger partial charge in [0.2, 0.25) is 0 Å². The van der Waals surface area contributed by atoms with Crippen LogP contribution in [0.1, 0.15) is 0 Å². The SMILES string of the molecule is O=c1cc(Nc2ccc(Cl)cc2Cl)[nH]n1-c1c(Cl)cc(Cl)cc1Cl. The van der Waals surface area contributed by atoms with Crippen LogP contribution in [0.5, 0.6) is 0 Å². The predicted octanol–water partition coefficient (Wildman–Crippen LogP) is 6.18. The van der Waals surface area contributed by atoms with E-state index in [1.165, 1.54) is 22.9 Å². The van der Waals surface area contributed by atoms with Gasteiger partial charge in [-0.3, -0.25) is 9.89 Å². The van der Waals surface area contributed by atoms with Gasteiger partial charge in [-0.25, -0.2) is 4.68 Å². The average molecular weight is 424 g/mol. The fraction of sp³-hybridized carbons (Fsp3) is 0. The molecular formula is C15H8Cl5N3O. The van der Waals surface area contributed by atoms with E-state index in [2.05, 4.69) is 10.4 Å². The first-order valence-corrected chi connectivity index (χ1v) is 8.43. The molecule has 2 N–H and O–H groups in total. The van der Waals surface area contributed by atoms with Gasteiger partial charge in [-0.15, -0.1) is 0 Å². The Balaban J connectivity index is 2.01. The van der Waals surface area contributed by atoms with Crippen molar-refractivity contribution in [2.75, 3.05) is 5.32 Å². The Morgan fingerprint density at radius 2 is 1.46 bits per heavy atom. The van der Waals surface area contributed by atoms with Crippen LogP contribution in [0.2, 0.25) is 25.1 Å². The molecular weight excluding hydrogens is 415 g/mol. The lowest BCUT2D eigenvalue weighted by Crippen LogP contribution is -2.14. The maximum atomic E-state index is 12.2. The van der Waals surface area contributed by atoms with Crippen molar-refractivity contribution >= 4 is 69.5 Å². The minimum atomic E-state index is -0.353.